The van der Waals surface area contributed by atoms with Gasteiger partial charge >= 0.3 is 0 Å². The highest BCUT2D eigenvalue weighted by Crippen LogP contribution is 2.27. The van der Waals surface area contributed by atoms with Crippen LogP contribution in [-0.4, -0.2) is 5.78 Å². The number of hydrogen-bond acceptors (Lipinski definition) is 1. The van der Waals surface area contributed by atoms with Crippen molar-refractivity contribution in [3.63, 3.8) is 0 Å². The minimum absolute atomic E-state index is 0.290. The summed E-state index contributed by atoms with van der Waals surface area (Å²) in [7, 11) is 0. The average Bonchev–Trinajstić information content (AvgIpc) is 2.69. The van der Waals surface area contributed by atoms with Gasteiger partial charge in [-0.25, -0.2) is 0 Å². The summed E-state index contributed by atoms with van der Waals surface area (Å²) in [6.45, 7) is 3.92. The van der Waals surface area contributed by atoms with Crippen LogP contribution in [0.2, 0.25) is 0 Å². The molecule has 0 saturated heterocycles. The standard InChI is InChI=1S/C14H24O/c1-3-4-5-10-14(12(2)15)11-13-8-6-7-9-13/h11,13H,3-10H2,1-2H3/b14-11-. The number of allylic oxidation sites excluding steroid dienone is 2. The second-order valence-corrected chi connectivity index (χ2v) is 4.75. The van der Waals surface area contributed by atoms with Gasteiger partial charge in [-0.05, 0) is 44.1 Å². The van der Waals surface area contributed by atoms with Gasteiger partial charge in [-0.15, -0.1) is 0 Å². The Morgan fingerprint density at radius 3 is 2.47 bits per heavy atom. The van der Waals surface area contributed by atoms with E-state index < -0.39 is 0 Å². The molecule has 1 heteroatoms. The van der Waals surface area contributed by atoms with Crippen molar-refractivity contribution in [2.45, 2.75) is 65.2 Å². The maximum absolute atomic E-state index is 11.5. The largest absolute Gasteiger partial charge is 0.295 e. The first-order valence-electron chi connectivity index (χ1n) is 6.45. The molecule has 0 spiro atoms. The average molecular weight is 208 g/mol. The fourth-order valence-corrected chi connectivity index (χ4v) is 2.35. The van der Waals surface area contributed by atoms with Crippen LogP contribution >= 0.6 is 0 Å². The topological polar surface area (TPSA) is 17.1 Å². The lowest BCUT2D eigenvalue weighted by Gasteiger charge is -2.07. The summed E-state index contributed by atoms with van der Waals surface area (Å²) in [6, 6.07) is 0. The lowest BCUT2D eigenvalue weighted by molar-refractivity contribution is -0.113. The number of unbranched alkanes of at least 4 members (excludes halogenated alkanes) is 2. The number of Topliss-reactive ketones (excluding diaryl/α,β-unsaturated/α-hetero) is 1. The van der Waals surface area contributed by atoms with Gasteiger partial charge in [0.15, 0.2) is 5.78 Å². The first kappa shape index (κ1) is 12.5. The second-order valence-electron chi connectivity index (χ2n) is 4.75. The van der Waals surface area contributed by atoms with Crippen molar-refractivity contribution in [1.82, 2.24) is 0 Å². The van der Waals surface area contributed by atoms with E-state index in [2.05, 4.69) is 13.0 Å². The van der Waals surface area contributed by atoms with E-state index >= 15 is 0 Å². The van der Waals surface area contributed by atoms with Crippen LogP contribution < -0.4 is 0 Å². The molecule has 0 N–H and O–H groups in total. The van der Waals surface area contributed by atoms with E-state index in [1.807, 2.05) is 0 Å². The molecule has 0 aromatic rings. The second kappa shape index (κ2) is 6.81. The quantitative estimate of drug-likeness (QED) is 0.470. The molecule has 0 amide bonds. The lowest BCUT2D eigenvalue weighted by atomic mass is 9.98. The molecule has 0 aromatic heterocycles. The maximum Gasteiger partial charge on any atom is 0.155 e. The van der Waals surface area contributed by atoms with Gasteiger partial charge in [0, 0.05) is 0 Å². The summed E-state index contributed by atoms with van der Waals surface area (Å²) < 4.78 is 0. The molecule has 15 heavy (non-hydrogen) atoms. The Morgan fingerprint density at radius 1 is 1.27 bits per heavy atom. The Labute approximate surface area is 93.9 Å². The normalized spacial score (nSPS) is 18.4. The molecule has 1 rings (SSSR count). The third-order valence-electron chi connectivity index (χ3n) is 3.34. The molecular weight excluding hydrogens is 184 g/mol. The van der Waals surface area contributed by atoms with Gasteiger partial charge in [-0.1, -0.05) is 38.7 Å². The smallest absolute Gasteiger partial charge is 0.155 e. The van der Waals surface area contributed by atoms with Crippen molar-refractivity contribution in [2.75, 3.05) is 0 Å². The van der Waals surface area contributed by atoms with Crippen molar-refractivity contribution in [2.24, 2.45) is 5.92 Å². The van der Waals surface area contributed by atoms with E-state index in [0.717, 1.165) is 12.0 Å². The number of ketones is 1. The minimum atomic E-state index is 0.290. The highest BCUT2D eigenvalue weighted by molar-refractivity contribution is 5.93. The van der Waals surface area contributed by atoms with Crippen molar-refractivity contribution >= 4 is 5.78 Å². The van der Waals surface area contributed by atoms with Gasteiger partial charge in [0.1, 0.15) is 0 Å². The summed E-state index contributed by atoms with van der Waals surface area (Å²) in [5.74, 6) is 0.989. The molecule has 0 atom stereocenters. The highest BCUT2D eigenvalue weighted by atomic mass is 16.1. The molecule has 0 bridgehead atoms. The molecule has 1 aliphatic carbocycles. The minimum Gasteiger partial charge on any atom is -0.295 e. The molecule has 1 aliphatic rings. The van der Waals surface area contributed by atoms with Crippen LogP contribution in [0.3, 0.4) is 0 Å². The summed E-state index contributed by atoms with van der Waals surface area (Å²) >= 11 is 0. The van der Waals surface area contributed by atoms with E-state index in [9.17, 15) is 4.79 Å². The van der Waals surface area contributed by atoms with Gasteiger partial charge in [0.05, 0.1) is 0 Å². The molecule has 0 aliphatic heterocycles. The van der Waals surface area contributed by atoms with Gasteiger partial charge < -0.3 is 0 Å². The van der Waals surface area contributed by atoms with Gasteiger partial charge in [0.2, 0.25) is 0 Å². The first-order valence-corrected chi connectivity index (χ1v) is 6.45. The Bertz CT molecular complexity index is 221. The van der Waals surface area contributed by atoms with E-state index in [1.165, 1.54) is 44.9 Å². The van der Waals surface area contributed by atoms with Crippen LogP contribution in [0.25, 0.3) is 0 Å². The summed E-state index contributed by atoms with van der Waals surface area (Å²) in [5, 5.41) is 0. The molecule has 1 saturated carbocycles. The lowest BCUT2D eigenvalue weighted by Crippen LogP contribution is -2.00. The van der Waals surface area contributed by atoms with Gasteiger partial charge in [-0.2, -0.15) is 0 Å². The number of carbonyl (C=O) groups is 1. The zero-order chi connectivity index (χ0) is 11.1. The Hall–Kier alpha value is -0.590. The van der Waals surface area contributed by atoms with E-state index in [4.69, 9.17) is 0 Å². The summed E-state index contributed by atoms with van der Waals surface area (Å²) in [5.41, 5.74) is 1.09. The van der Waals surface area contributed by atoms with Gasteiger partial charge in [0.25, 0.3) is 0 Å². The first-order chi connectivity index (χ1) is 7.24. The monoisotopic (exact) mass is 208 g/mol. The van der Waals surface area contributed by atoms with Crippen LogP contribution in [0.15, 0.2) is 11.6 Å². The molecule has 0 radical (unpaired) electrons. The van der Waals surface area contributed by atoms with E-state index in [-0.39, 0.29) is 5.78 Å². The van der Waals surface area contributed by atoms with E-state index in [1.54, 1.807) is 6.92 Å². The molecule has 1 nitrogen and oxygen atoms in total. The molecule has 0 aromatic carbocycles. The number of rotatable bonds is 6. The third kappa shape index (κ3) is 4.63. The van der Waals surface area contributed by atoms with Crippen molar-refractivity contribution in [3.8, 4) is 0 Å². The van der Waals surface area contributed by atoms with Crippen LogP contribution in [0.5, 0.6) is 0 Å². The van der Waals surface area contributed by atoms with Crippen molar-refractivity contribution < 1.29 is 4.79 Å². The summed E-state index contributed by atoms with van der Waals surface area (Å²) in [4.78, 5) is 11.5. The summed E-state index contributed by atoms with van der Waals surface area (Å²) in [6.07, 6.45) is 12.2. The number of hydrogen-bond donors (Lipinski definition) is 0. The van der Waals surface area contributed by atoms with E-state index in [0.29, 0.717) is 5.92 Å². The van der Waals surface area contributed by atoms with Crippen LogP contribution in [-0.2, 0) is 4.79 Å². The van der Waals surface area contributed by atoms with Crippen molar-refractivity contribution in [3.05, 3.63) is 11.6 Å². The molecular formula is C14H24O. The predicted octanol–water partition coefficient (Wildman–Crippen LogP) is 4.27. The maximum atomic E-state index is 11.5. The Morgan fingerprint density at radius 2 is 1.93 bits per heavy atom. The Kier molecular flexibility index (Phi) is 5.67. The molecule has 86 valence electrons. The molecule has 0 heterocycles. The van der Waals surface area contributed by atoms with Crippen molar-refractivity contribution in [1.29, 1.82) is 0 Å². The fraction of sp³-hybridized carbons (Fsp3) is 0.786. The Balaban J connectivity index is 2.44. The predicted molar refractivity (Wildman–Crippen MR) is 64.9 cm³/mol. The van der Waals surface area contributed by atoms with Gasteiger partial charge in [-0.3, -0.25) is 4.79 Å². The zero-order valence-corrected chi connectivity index (χ0v) is 10.2. The SMILES string of the molecule is CCCCC/C(=C/C1CCCC1)C(C)=O. The van der Waals surface area contributed by atoms with Crippen LogP contribution in [0, 0.1) is 5.92 Å². The zero-order valence-electron chi connectivity index (χ0n) is 10.2. The van der Waals surface area contributed by atoms with Crippen LogP contribution in [0.4, 0.5) is 0 Å². The fourth-order valence-electron chi connectivity index (χ4n) is 2.35. The highest BCUT2D eigenvalue weighted by Gasteiger charge is 2.14. The number of carbonyl (C=O) groups excluding carboxylic acids is 1. The third-order valence-corrected chi connectivity index (χ3v) is 3.34. The molecule has 0 unspecified atom stereocenters. The molecule has 1 fully saturated rings. The van der Waals surface area contributed by atoms with Crippen LogP contribution in [0.1, 0.15) is 65.2 Å².